The Hall–Kier alpha value is -3.54. The lowest BCUT2D eigenvalue weighted by atomic mass is 10.1. The number of ether oxygens (including phenoxy) is 2. The molecule has 0 unspecified atom stereocenters. The second-order valence-electron chi connectivity index (χ2n) is 6.48. The molecular weight excluding hydrogens is 366 g/mol. The van der Waals surface area contributed by atoms with Gasteiger partial charge in [-0.15, -0.1) is 0 Å². The number of methoxy groups -OCH3 is 2. The first-order valence-electron chi connectivity index (χ1n) is 9.44. The summed E-state index contributed by atoms with van der Waals surface area (Å²) >= 11 is 0. The average molecular weight is 391 g/mol. The van der Waals surface area contributed by atoms with Crippen molar-refractivity contribution in [2.45, 2.75) is 19.9 Å². The molecule has 6 nitrogen and oxygen atoms in total. The number of carbonyl (C=O) groups is 1. The van der Waals surface area contributed by atoms with E-state index in [-0.39, 0.29) is 5.91 Å². The zero-order valence-electron chi connectivity index (χ0n) is 16.9. The molecule has 0 aliphatic rings. The Kier molecular flexibility index (Phi) is 6.68. The highest BCUT2D eigenvalue weighted by Crippen LogP contribution is 2.27. The standard InChI is InChI=1S/C23H25N3O3/c1-4-16-5-9-19(10-6-16)26-22-12-8-18(15-24-22)23(27)25-14-17-7-11-20(28-2)21(13-17)29-3/h5-13,15H,4,14H2,1-3H3,(H,24,26)(H,25,27). The van der Waals surface area contributed by atoms with E-state index >= 15 is 0 Å². The van der Waals surface area contributed by atoms with Crippen LogP contribution in [0, 0.1) is 0 Å². The lowest BCUT2D eigenvalue weighted by Crippen LogP contribution is -2.23. The predicted molar refractivity (Wildman–Crippen MR) is 114 cm³/mol. The van der Waals surface area contributed by atoms with Crippen molar-refractivity contribution in [2.24, 2.45) is 0 Å². The molecule has 1 heterocycles. The number of amides is 1. The number of hydrogen-bond acceptors (Lipinski definition) is 5. The Morgan fingerprint density at radius 1 is 0.931 bits per heavy atom. The van der Waals surface area contributed by atoms with Gasteiger partial charge in [-0.25, -0.2) is 4.98 Å². The molecule has 0 saturated carbocycles. The Labute approximate surface area is 170 Å². The third-order valence-electron chi connectivity index (χ3n) is 4.56. The minimum Gasteiger partial charge on any atom is -0.493 e. The quantitative estimate of drug-likeness (QED) is 0.598. The highest BCUT2D eigenvalue weighted by atomic mass is 16.5. The van der Waals surface area contributed by atoms with Crippen LogP contribution in [0.25, 0.3) is 0 Å². The smallest absolute Gasteiger partial charge is 0.253 e. The van der Waals surface area contributed by atoms with Gasteiger partial charge in [0.15, 0.2) is 11.5 Å². The maximum absolute atomic E-state index is 12.4. The van der Waals surface area contributed by atoms with Crippen molar-refractivity contribution in [3.8, 4) is 11.5 Å². The number of aromatic nitrogens is 1. The van der Waals surface area contributed by atoms with Crippen LogP contribution >= 0.6 is 0 Å². The van der Waals surface area contributed by atoms with Gasteiger partial charge < -0.3 is 20.1 Å². The second kappa shape index (κ2) is 9.59. The van der Waals surface area contributed by atoms with E-state index in [1.807, 2.05) is 30.3 Å². The number of anilines is 2. The fourth-order valence-corrected chi connectivity index (χ4v) is 2.85. The maximum atomic E-state index is 12.4. The van der Waals surface area contributed by atoms with Gasteiger partial charge in [-0.1, -0.05) is 25.1 Å². The van der Waals surface area contributed by atoms with Crippen molar-refractivity contribution in [2.75, 3.05) is 19.5 Å². The summed E-state index contributed by atoms with van der Waals surface area (Å²) in [4.78, 5) is 16.7. The molecule has 3 aromatic rings. The molecule has 150 valence electrons. The van der Waals surface area contributed by atoms with E-state index in [9.17, 15) is 4.79 Å². The van der Waals surface area contributed by atoms with Crippen molar-refractivity contribution in [3.05, 3.63) is 77.5 Å². The molecule has 0 bridgehead atoms. The lowest BCUT2D eigenvalue weighted by molar-refractivity contribution is 0.0950. The molecule has 0 aliphatic carbocycles. The third-order valence-corrected chi connectivity index (χ3v) is 4.56. The van der Waals surface area contributed by atoms with Gasteiger partial charge >= 0.3 is 0 Å². The summed E-state index contributed by atoms with van der Waals surface area (Å²) in [5.74, 6) is 1.78. The van der Waals surface area contributed by atoms with E-state index in [4.69, 9.17) is 9.47 Å². The number of hydrogen-bond donors (Lipinski definition) is 2. The first kappa shape index (κ1) is 20.2. The van der Waals surface area contributed by atoms with E-state index in [1.165, 1.54) is 5.56 Å². The number of nitrogens with zero attached hydrogens (tertiary/aromatic N) is 1. The summed E-state index contributed by atoms with van der Waals surface area (Å²) in [5, 5.41) is 6.12. The second-order valence-corrected chi connectivity index (χ2v) is 6.48. The molecule has 2 N–H and O–H groups in total. The number of carbonyl (C=O) groups excluding carboxylic acids is 1. The summed E-state index contributed by atoms with van der Waals surface area (Å²) in [6.07, 6.45) is 2.57. The molecule has 1 amide bonds. The van der Waals surface area contributed by atoms with Crippen LogP contribution in [0.3, 0.4) is 0 Å². The van der Waals surface area contributed by atoms with E-state index < -0.39 is 0 Å². The monoisotopic (exact) mass is 391 g/mol. The Bertz CT molecular complexity index is 954. The van der Waals surface area contributed by atoms with Crippen LogP contribution in [0.1, 0.15) is 28.4 Å². The number of rotatable bonds is 8. The molecule has 0 fully saturated rings. The highest BCUT2D eigenvalue weighted by molar-refractivity contribution is 5.94. The van der Waals surface area contributed by atoms with Gasteiger partial charge in [0, 0.05) is 18.4 Å². The van der Waals surface area contributed by atoms with E-state index in [1.54, 1.807) is 32.5 Å². The molecule has 0 spiro atoms. The topological polar surface area (TPSA) is 72.5 Å². The van der Waals surface area contributed by atoms with E-state index in [2.05, 4.69) is 34.7 Å². The molecule has 0 atom stereocenters. The van der Waals surface area contributed by atoms with Crippen molar-refractivity contribution in [1.82, 2.24) is 10.3 Å². The van der Waals surface area contributed by atoms with Crippen LogP contribution in [0.4, 0.5) is 11.5 Å². The molecule has 0 saturated heterocycles. The van der Waals surface area contributed by atoms with Crippen LogP contribution in [0.2, 0.25) is 0 Å². The van der Waals surface area contributed by atoms with Crippen LogP contribution < -0.4 is 20.1 Å². The third kappa shape index (κ3) is 5.25. The van der Waals surface area contributed by atoms with Crippen molar-refractivity contribution in [1.29, 1.82) is 0 Å². The summed E-state index contributed by atoms with van der Waals surface area (Å²) in [6.45, 7) is 2.50. The number of nitrogens with one attached hydrogen (secondary N) is 2. The van der Waals surface area contributed by atoms with Gasteiger partial charge in [-0.2, -0.15) is 0 Å². The number of benzene rings is 2. The molecule has 0 radical (unpaired) electrons. The first-order chi connectivity index (χ1) is 14.1. The minimum absolute atomic E-state index is 0.189. The predicted octanol–water partition coefficient (Wildman–Crippen LogP) is 4.33. The molecule has 29 heavy (non-hydrogen) atoms. The van der Waals surface area contributed by atoms with Crippen LogP contribution in [-0.2, 0) is 13.0 Å². The molecule has 0 aliphatic heterocycles. The maximum Gasteiger partial charge on any atom is 0.253 e. The van der Waals surface area contributed by atoms with E-state index in [0.717, 1.165) is 17.7 Å². The average Bonchev–Trinajstić information content (AvgIpc) is 2.78. The lowest BCUT2D eigenvalue weighted by Gasteiger charge is -2.11. The first-order valence-corrected chi connectivity index (χ1v) is 9.44. The molecular formula is C23H25N3O3. The Morgan fingerprint density at radius 3 is 2.28 bits per heavy atom. The SMILES string of the molecule is CCc1ccc(Nc2ccc(C(=O)NCc3ccc(OC)c(OC)c3)cn2)cc1. The summed E-state index contributed by atoms with van der Waals surface area (Å²) < 4.78 is 10.5. The van der Waals surface area contributed by atoms with Gasteiger partial charge in [0.25, 0.3) is 5.91 Å². The van der Waals surface area contributed by atoms with Crippen LogP contribution in [0.5, 0.6) is 11.5 Å². The van der Waals surface area contributed by atoms with E-state index in [0.29, 0.717) is 29.4 Å². The molecule has 1 aromatic heterocycles. The van der Waals surface area contributed by atoms with Crippen molar-refractivity contribution in [3.63, 3.8) is 0 Å². The van der Waals surface area contributed by atoms with Crippen LogP contribution in [0.15, 0.2) is 60.8 Å². The van der Waals surface area contributed by atoms with Crippen LogP contribution in [-0.4, -0.2) is 25.1 Å². The van der Waals surface area contributed by atoms with Gasteiger partial charge in [0.2, 0.25) is 0 Å². The summed E-state index contributed by atoms with van der Waals surface area (Å²) in [7, 11) is 3.17. The Balaban J connectivity index is 1.58. The van der Waals surface area contributed by atoms with Crippen molar-refractivity contribution >= 4 is 17.4 Å². The van der Waals surface area contributed by atoms with Crippen molar-refractivity contribution < 1.29 is 14.3 Å². The van der Waals surface area contributed by atoms with Gasteiger partial charge in [-0.05, 0) is 53.9 Å². The summed E-state index contributed by atoms with van der Waals surface area (Å²) in [5.41, 5.74) is 3.65. The minimum atomic E-state index is -0.189. The fourth-order valence-electron chi connectivity index (χ4n) is 2.85. The molecule has 6 heteroatoms. The number of pyridine rings is 1. The summed E-state index contributed by atoms with van der Waals surface area (Å²) in [6, 6.07) is 17.3. The fraction of sp³-hybridized carbons (Fsp3) is 0.217. The van der Waals surface area contributed by atoms with Gasteiger partial charge in [-0.3, -0.25) is 4.79 Å². The Morgan fingerprint density at radius 2 is 1.66 bits per heavy atom. The zero-order chi connectivity index (χ0) is 20.6. The largest absolute Gasteiger partial charge is 0.493 e. The number of aryl methyl sites for hydroxylation is 1. The normalized spacial score (nSPS) is 10.3. The molecule has 2 aromatic carbocycles. The zero-order valence-corrected chi connectivity index (χ0v) is 16.9. The van der Waals surface area contributed by atoms with Gasteiger partial charge in [0.05, 0.1) is 19.8 Å². The highest BCUT2D eigenvalue weighted by Gasteiger charge is 2.09. The molecule has 3 rings (SSSR count). The van der Waals surface area contributed by atoms with Gasteiger partial charge in [0.1, 0.15) is 5.82 Å².